The summed E-state index contributed by atoms with van der Waals surface area (Å²) in [6.45, 7) is 2.86. The minimum atomic E-state index is -1.07. The fourth-order valence-electron chi connectivity index (χ4n) is 2.72. The first-order valence-corrected chi connectivity index (χ1v) is 8.54. The fraction of sp³-hybridized carbons (Fsp3) is 0.353. The number of anilines is 2. The van der Waals surface area contributed by atoms with E-state index in [1.807, 2.05) is 36.0 Å². The molecule has 1 aliphatic rings. The van der Waals surface area contributed by atoms with Crippen LogP contribution in [0.2, 0.25) is 0 Å². The molecule has 1 aromatic carbocycles. The van der Waals surface area contributed by atoms with Gasteiger partial charge in [-0.1, -0.05) is 6.07 Å². The van der Waals surface area contributed by atoms with E-state index in [0.717, 1.165) is 29.9 Å². The Morgan fingerprint density at radius 1 is 1.43 bits per heavy atom. The third-order valence-electron chi connectivity index (χ3n) is 4.21. The van der Waals surface area contributed by atoms with Crippen LogP contribution < -0.4 is 15.5 Å². The Balaban J connectivity index is 1.59. The van der Waals surface area contributed by atoms with Gasteiger partial charge in [0, 0.05) is 25.0 Å². The van der Waals surface area contributed by atoms with Crippen LogP contribution in [-0.2, 0) is 12.0 Å². The second-order valence-corrected chi connectivity index (χ2v) is 6.89. The van der Waals surface area contributed by atoms with Gasteiger partial charge in [-0.2, -0.15) is 11.3 Å². The number of carbonyl (C=O) groups is 1. The molecule has 0 radical (unpaired) electrons. The molecule has 0 saturated heterocycles. The molecule has 0 saturated carbocycles. The van der Waals surface area contributed by atoms with E-state index >= 15 is 0 Å². The number of hydrogen-bond acceptors (Lipinski definition) is 4. The monoisotopic (exact) mass is 331 g/mol. The lowest BCUT2D eigenvalue weighted by Crippen LogP contribution is -2.40. The predicted molar refractivity (Wildman–Crippen MR) is 94.3 cm³/mol. The van der Waals surface area contributed by atoms with Gasteiger partial charge < -0.3 is 20.6 Å². The lowest BCUT2D eigenvalue weighted by molar-refractivity contribution is 0.0604. The molecular weight excluding hydrogens is 310 g/mol. The summed E-state index contributed by atoms with van der Waals surface area (Å²) in [5, 5.41) is 19.8. The van der Waals surface area contributed by atoms with E-state index in [4.69, 9.17) is 0 Å². The van der Waals surface area contributed by atoms with Crippen LogP contribution in [0.5, 0.6) is 0 Å². The van der Waals surface area contributed by atoms with E-state index < -0.39 is 5.60 Å². The zero-order valence-electron chi connectivity index (χ0n) is 13.3. The Morgan fingerprint density at radius 3 is 3.00 bits per heavy atom. The highest BCUT2D eigenvalue weighted by molar-refractivity contribution is 7.08. The first kappa shape index (κ1) is 15.8. The quantitative estimate of drug-likeness (QED) is 0.807. The summed E-state index contributed by atoms with van der Waals surface area (Å²) in [6.07, 6.45) is 1.04. The number of urea groups is 1. The molecule has 0 bridgehead atoms. The predicted octanol–water partition coefficient (Wildman–Crippen LogP) is 2.77. The van der Waals surface area contributed by atoms with Crippen molar-refractivity contribution in [1.82, 2.24) is 5.32 Å². The van der Waals surface area contributed by atoms with Crippen LogP contribution in [-0.4, -0.2) is 31.3 Å². The van der Waals surface area contributed by atoms with E-state index in [2.05, 4.69) is 21.6 Å². The molecule has 1 unspecified atom stereocenters. The molecule has 0 spiro atoms. The third-order valence-corrected chi connectivity index (χ3v) is 4.89. The molecule has 122 valence electrons. The van der Waals surface area contributed by atoms with Crippen molar-refractivity contribution in [3.8, 4) is 0 Å². The van der Waals surface area contributed by atoms with Gasteiger partial charge in [-0.25, -0.2) is 4.79 Å². The lowest BCUT2D eigenvalue weighted by atomic mass is 9.99. The van der Waals surface area contributed by atoms with Crippen LogP contribution in [0.15, 0.2) is 35.0 Å². The standard InChI is InChI=1S/C17H21N3O2S/c1-17(22,13-6-8-23-10-13)11-18-16(21)19-14-4-3-12-5-7-20(2)15(12)9-14/h3-4,6,8-10,22H,5,7,11H2,1-2H3,(H2,18,19,21). The maximum Gasteiger partial charge on any atom is 0.319 e. The molecule has 1 aromatic heterocycles. The van der Waals surface area contributed by atoms with Crippen LogP contribution in [0.4, 0.5) is 16.2 Å². The van der Waals surface area contributed by atoms with Gasteiger partial charge in [0.2, 0.25) is 0 Å². The van der Waals surface area contributed by atoms with Crippen molar-refractivity contribution >= 4 is 28.7 Å². The van der Waals surface area contributed by atoms with Crippen LogP contribution in [0.3, 0.4) is 0 Å². The molecule has 0 aliphatic carbocycles. The number of aliphatic hydroxyl groups is 1. The number of carbonyl (C=O) groups excluding carboxylic acids is 1. The molecule has 3 rings (SSSR count). The Kier molecular flexibility index (Phi) is 4.28. The first-order valence-electron chi connectivity index (χ1n) is 7.60. The number of benzene rings is 1. The average molecular weight is 331 g/mol. The molecular formula is C17H21N3O2S. The van der Waals surface area contributed by atoms with E-state index in [0.29, 0.717) is 0 Å². The summed E-state index contributed by atoms with van der Waals surface area (Å²) in [7, 11) is 2.05. The molecule has 6 heteroatoms. The zero-order valence-corrected chi connectivity index (χ0v) is 14.1. The molecule has 23 heavy (non-hydrogen) atoms. The van der Waals surface area contributed by atoms with Crippen molar-refractivity contribution in [2.45, 2.75) is 18.9 Å². The topological polar surface area (TPSA) is 64.6 Å². The number of nitrogens with zero attached hydrogens (tertiary/aromatic N) is 1. The van der Waals surface area contributed by atoms with E-state index in [1.165, 1.54) is 16.9 Å². The summed E-state index contributed by atoms with van der Waals surface area (Å²) < 4.78 is 0. The second kappa shape index (κ2) is 6.22. The SMILES string of the molecule is CN1CCc2ccc(NC(=O)NCC(C)(O)c3ccsc3)cc21. The van der Waals surface area contributed by atoms with Crippen LogP contribution in [0.1, 0.15) is 18.1 Å². The average Bonchev–Trinajstić information content (AvgIpc) is 3.17. The highest BCUT2D eigenvalue weighted by atomic mass is 32.1. The van der Waals surface area contributed by atoms with Crippen LogP contribution in [0, 0.1) is 0 Å². The largest absolute Gasteiger partial charge is 0.384 e. The Hall–Kier alpha value is -2.05. The molecule has 2 aromatic rings. The minimum Gasteiger partial charge on any atom is -0.384 e. The normalized spacial score (nSPS) is 15.9. The summed E-state index contributed by atoms with van der Waals surface area (Å²) in [6, 6.07) is 7.49. The number of thiophene rings is 1. The van der Waals surface area contributed by atoms with Gasteiger partial charge in [-0.3, -0.25) is 0 Å². The molecule has 1 atom stereocenters. The van der Waals surface area contributed by atoms with Crippen molar-refractivity contribution in [2.75, 3.05) is 30.4 Å². The molecule has 3 N–H and O–H groups in total. The first-order chi connectivity index (χ1) is 11.0. The number of likely N-dealkylation sites (N-methyl/N-ethyl adjacent to an activating group) is 1. The lowest BCUT2D eigenvalue weighted by Gasteiger charge is -2.23. The number of fused-ring (bicyclic) bond motifs is 1. The van der Waals surface area contributed by atoms with Crippen molar-refractivity contribution < 1.29 is 9.90 Å². The number of nitrogens with one attached hydrogen (secondary N) is 2. The molecule has 2 amide bonds. The number of rotatable bonds is 4. The van der Waals surface area contributed by atoms with Crippen LogP contribution in [0.25, 0.3) is 0 Å². The van der Waals surface area contributed by atoms with Gasteiger partial charge in [0.15, 0.2) is 0 Å². The zero-order chi connectivity index (χ0) is 16.4. The molecule has 1 aliphatic heterocycles. The minimum absolute atomic E-state index is 0.153. The Bertz CT molecular complexity index is 698. The number of amides is 2. The van der Waals surface area contributed by atoms with Crippen molar-refractivity contribution in [3.63, 3.8) is 0 Å². The van der Waals surface area contributed by atoms with Gasteiger partial charge in [0.05, 0.1) is 6.54 Å². The van der Waals surface area contributed by atoms with E-state index in [9.17, 15) is 9.90 Å². The molecule has 2 heterocycles. The van der Waals surface area contributed by atoms with Gasteiger partial charge in [0.25, 0.3) is 0 Å². The summed E-state index contributed by atoms with van der Waals surface area (Å²) in [5.74, 6) is 0. The number of hydrogen-bond donors (Lipinski definition) is 3. The molecule has 0 fully saturated rings. The van der Waals surface area contributed by atoms with Crippen molar-refractivity contribution in [2.24, 2.45) is 0 Å². The van der Waals surface area contributed by atoms with Gasteiger partial charge in [-0.05, 0) is 53.4 Å². The smallest absolute Gasteiger partial charge is 0.319 e. The van der Waals surface area contributed by atoms with Crippen LogP contribution >= 0.6 is 11.3 Å². The Labute approximate surface area is 139 Å². The maximum atomic E-state index is 12.1. The van der Waals surface area contributed by atoms with Gasteiger partial charge in [-0.15, -0.1) is 0 Å². The van der Waals surface area contributed by atoms with E-state index in [-0.39, 0.29) is 12.6 Å². The van der Waals surface area contributed by atoms with Crippen molar-refractivity contribution in [3.05, 3.63) is 46.2 Å². The summed E-state index contributed by atoms with van der Waals surface area (Å²) in [4.78, 5) is 14.2. The second-order valence-electron chi connectivity index (χ2n) is 6.11. The highest BCUT2D eigenvalue weighted by Gasteiger charge is 2.24. The maximum absolute atomic E-state index is 12.1. The fourth-order valence-corrected chi connectivity index (χ4v) is 3.50. The third kappa shape index (κ3) is 3.48. The van der Waals surface area contributed by atoms with Crippen molar-refractivity contribution in [1.29, 1.82) is 0 Å². The molecule has 5 nitrogen and oxygen atoms in total. The summed E-state index contributed by atoms with van der Waals surface area (Å²) >= 11 is 1.52. The summed E-state index contributed by atoms with van der Waals surface area (Å²) in [5.41, 5.74) is 2.95. The Morgan fingerprint density at radius 2 is 2.26 bits per heavy atom. The van der Waals surface area contributed by atoms with Gasteiger partial charge >= 0.3 is 6.03 Å². The highest BCUT2D eigenvalue weighted by Crippen LogP contribution is 2.29. The van der Waals surface area contributed by atoms with Gasteiger partial charge in [0.1, 0.15) is 5.60 Å². The van der Waals surface area contributed by atoms with E-state index in [1.54, 1.807) is 6.92 Å².